The molecule has 0 saturated heterocycles. The molecule has 0 aliphatic rings. The molecule has 26 heavy (non-hydrogen) atoms. The summed E-state index contributed by atoms with van der Waals surface area (Å²) in [5.74, 6) is 0.204. The van der Waals surface area contributed by atoms with Crippen LogP contribution in [0.25, 0.3) is 12.2 Å². The molecule has 5 heteroatoms. The SMILES string of the molecule is CCCCS(=O)(=O)c1ccc(/C=C/c2ccc(N(C)CCO)cc2)cc1. The fourth-order valence-corrected chi connectivity index (χ4v) is 4.01. The molecule has 0 heterocycles. The molecule has 140 valence electrons. The summed E-state index contributed by atoms with van der Waals surface area (Å²) in [5.41, 5.74) is 3.07. The van der Waals surface area contributed by atoms with Gasteiger partial charge < -0.3 is 10.0 Å². The first kappa shape index (κ1) is 20.2. The van der Waals surface area contributed by atoms with Gasteiger partial charge in [-0.1, -0.05) is 49.8 Å². The standard InChI is InChI=1S/C21H27NO3S/c1-3-4-17-26(24,25)21-13-9-19(10-14-21)6-5-18-7-11-20(12-8-18)22(2)15-16-23/h5-14,23H,3-4,15-17H2,1-2H3/b6-5+. The van der Waals surface area contributed by atoms with Gasteiger partial charge in [-0.2, -0.15) is 0 Å². The molecule has 0 bridgehead atoms. The van der Waals surface area contributed by atoms with Gasteiger partial charge in [0.25, 0.3) is 0 Å². The Kier molecular flexibility index (Phi) is 7.42. The summed E-state index contributed by atoms with van der Waals surface area (Å²) < 4.78 is 24.4. The predicted molar refractivity (Wildman–Crippen MR) is 109 cm³/mol. The number of hydrogen-bond donors (Lipinski definition) is 1. The number of nitrogens with zero attached hydrogens (tertiary/aromatic N) is 1. The molecular formula is C21H27NO3S. The molecule has 2 aromatic rings. The van der Waals surface area contributed by atoms with E-state index >= 15 is 0 Å². The molecule has 0 aromatic heterocycles. The average molecular weight is 374 g/mol. The fraction of sp³-hybridized carbons (Fsp3) is 0.333. The number of likely N-dealkylation sites (N-methyl/N-ethyl adjacent to an activating group) is 1. The number of sulfone groups is 1. The number of anilines is 1. The third kappa shape index (κ3) is 5.71. The van der Waals surface area contributed by atoms with Crippen molar-refractivity contribution < 1.29 is 13.5 Å². The fourth-order valence-electron chi connectivity index (χ4n) is 2.55. The number of hydrogen-bond acceptors (Lipinski definition) is 4. The lowest BCUT2D eigenvalue weighted by Gasteiger charge is -2.17. The van der Waals surface area contributed by atoms with Crippen LogP contribution in [0, 0.1) is 0 Å². The molecule has 0 unspecified atom stereocenters. The Hall–Kier alpha value is -2.11. The van der Waals surface area contributed by atoms with Crippen molar-refractivity contribution in [3.63, 3.8) is 0 Å². The van der Waals surface area contributed by atoms with E-state index in [9.17, 15) is 8.42 Å². The minimum absolute atomic E-state index is 0.127. The number of rotatable bonds is 9. The van der Waals surface area contributed by atoms with E-state index in [1.807, 2.05) is 67.4 Å². The van der Waals surface area contributed by atoms with Gasteiger partial charge in [0.05, 0.1) is 17.3 Å². The first-order chi connectivity index (χ1) is 12.5. The van der Waals surface area contributed by atoms with E-state index in [4.69, 9.17) is 5.11 Å². The third-order valence-electron chi connectivity index (χ3n) is 4.24. The highest BCUT2D eigenvalue weighted by Crippen LogP contribution is 2.17. The highest BCUT2D eigenvalue weighted by Gasteiger charge is 2.12. The Labute approximate surface area is 156 Å². The zero-order valence-corrected chi connectivity index (χ0v) is 16.2. The second-order valence-electron chi connectivity index (χ2n) is 6.31. The van der Waals surface area contributed by atoms with Crippen LogP contribution in [-0.2, 0) is 9.84 Å². The van der Waals surface area contributed by atoms with E-state index in [1.54, 1.807) is 12.1 Å². The van der Waals surface area contributed by atoms with Gasteiger partial charge in [0.2, 0.25) is 0 Å². The maximum absolute atomic E-state index is 12.2. The van der Waals surface area contributed by atoms with Crippen molar-refractivity contribution in [2.75, 3.05) is 30.9 Å². The van der Waals surface area contributed by atoms with Gasteiger partial charge in [-0.05, 0) is 41.8 Å². The first-order valence-electron chi connectivity index (χ1n) is 8.89. The van der Waals surface area contributed by atoms with Crippen molar-refractivity contribution in [2.45, 2.75) is 24.7 Å². The van der Waals surface area contributed by atoms with Crippen molar-refractivity contribution >= 4 is 27.7 Å². The Morgan fingerprint density at radius 1 is 0.962 bits per heavy atom. The second-order valence-corrected chi connectivity index (χ2v) is 8.42. The van der Waals surface area contributed by atoms with Gasteiger partial charge in [-0.15, -0.1) is 0 Å². The molecule has 0 amide bonds. The smallest absolute Gasteiger partial charge is 0.178 e. The van der Waals surface area contributed by atoms with Crippen molar-refractivity contribution in [1.29, 1.82) is 0 Å². The molecule has 2 rings (SSSR count). The van der Waals surface area contributed by atoms with Crippen LogP contribution in [0.3, 0.4) is 0 Å². The van der Waals surface area contributed by atoms with E-state index < -0.39 is 9.84 Å². The number of unbranched alkanes of at least 4 members (excludes halogenated alkanes) is 1. The van der Waals surface area contributed by atoms with Crippen LogP contribution in [0.4, 0.5) is 5.69 Å². The minimum atomic E-state index is -3.17. The Morgan fingerprint density at radius 2 is 1.50 bits per heavy atom. The molecule has 2 aromatic carbocycles. The highest BCUT2D eigenvalue weighted by atomic mass is 32.2. The molecule has 0 fully saturated rings. The molecule has 0 saturated carbocycles. The van der Waals surface area contributed by atoms with Crippen molar-refractivity contribution in [1.82, 2.24) is 0 Å². The van der Waals surface area contributed by atoms with E-state index in [0.29, 0.717) is 17.9 Å². The molecule has 0 aliphatic carbocycles. The zero-order valence-electron chi connectivity index (χ0n) is 15.4. The molecule has 0 aliphatic heterocycles. The summed E-state index contributed by atoms with van der Waals surface area (Å²) in [6, 6.07) is 15.1. The van der Waals surface area contributed by atoms with Gasteiger partial charge in [0.1, 0.15) is 0 Å². The summed E-state index contributed by atoms with van der Waals surface area (Å²) in [5, 5.41) is 8.98. The van der Waals surface area contributed by atoms with E-state index in [2.05, 4.69) is 0 Å². The summed E-state index contributed by atoms with van der Waals surface area (Å²) in [6.07, 6.45) is 5.52. The molecule has 4 nitrogen and oxygen atoms in total. The molecule has 1 N–H and O–H groups in total. The van der Waals surface area contributed by atoms with Crippen LogP contribution in [0.5, 0.6) is 0 Å². The van der Waals surface area contributed by atoms with Gasteiger partial charge in [0, 0.05) is 19.3 Å². The largest absolute Gasteiger partial charge is 0.395 e. The maximum Gasteiger partial charge on any atom is 0.178 e. The van der Waals surface area contributed by atoms with Crippen LogP contribution in [0.15, 0.2) is 53.4 Å². The lowest BCUT2D eigenvalue weighted by molar-refractivity contribution is 0.304. The summed E-state index contributed by atoms with van der Waals surface area (Å²) in [6.45, 7) is 2.71. The van der Waals surface area contributed by atoms with Crippen molar-refractivity contribution in [3.05, 3.63) is 59.7 Å². The van der Waals surface area contributed by atoms with E-state index in [0.717, 1.165) is 23.2 Å². The lowest BCUT2D eigenvalue weighted by Crippen LogP contribution is -2.20. The average Bonchev–Trinajstić information content (AvgIpc) is 2.66. The minimum Gasteiger partial charge on any atom is -0.395 e. The summed E-state index contributed by atoms with van der Waals surface area (Å²) in [7, 11) is -1.23. The second kappa shape index (κ2) is 9.55. The zero-order chi connectivity index (χ0) is 19.0. The monoisotopic (exact) mass is 373 g/mol. The van der Waals surface area contributed by atoms with Crippen LogP contribution < -0.4 is 4.90 Å². The van der Waals surface area contributed by atoms with Crippen LogP contribution >= 0.6 is 0 Å². The number of benzene rings is 2. The van der Waals surface area contributed by atoms with E-state index in [-0.39, 0.29) is 12.4 Å². The molecule has 0 atom stereocenters. The number of aliphatic hydroxyl groups excluding tert-OH is 1. The van der Waals surface area contributed by atoms with Crippen LogP contribution in [0.2, 0.25) is 0 Å². The normalized spacial score (nSPS) is 11.8. The predicted octanol–water partition coefficient (Wildman–Crippen LogP) is 3.86. The Balaban J connectivity index is 2.04. The van der Waals surface area contributed by atoms with Crippen molar-refractivity contribution in [2.24, 2.45) is 0 Å². The quantitative estimate of drug-likeness (QED) is 0.678. The van der Waals surface area contributed by atoms with Crippen LogP contribution in [-0.4, -0.2) is 39.5 Å². The maximum atomic E-state index is 12.2. The van der Waals surface area contributed by atoms with Gasteiger partial charge in [0.15, 0.2) is 9.84 Å². The lowest BCUT2D eigenvalue weighted by atomic mass is 10.1. The summed E-state index contributed by atoms with van der Waals surface area (Å²) in [4.78, 5) is 2.38. The van der Waals surface area contributed by atoms with Gasteiger partial charge >= 0.3 is 0 Å². The molecule has 0 spiro atoms. The summed E-state index contributed by atoms with van der Waals surface area (Å²) >= 11 is 0. The van der Waals surface area contributed by atoms with Gasteiger partial charge in [-0.25, -0.2) is 8.42 Å². The first-order valence-corrected chi connectivity index (χ1v) is 10.5. The third-order valence-corrected chi connectivity index (χ3v) is 6.06. The molecular weight excluding hydrogens is 346 g/mol. The van der Waals surface area contributed by atoms with Gasteiger partial charge in [-0.3, -0.25) is 0 Å². The number of aliphatic hydroxyl groups is 1. The van der Waals surface area contributed by atoms with Crippen LogP contribution in [0.1, 0.15) is 30.9 Å². The topological polar surface area (TPSA) is 57.6 Å². The Bertz CT molecular complexity index is 809. The highest BCUT2D eigenvalue weighted by molar-refractivity contribution is 7.91. The Morgan fingerprint density at radius 3 is 2.00 bits per heavy atom. The molecule has 0 radical (unpaired) electrons. The van der Waals surface area contributed by atoms with Crippen molar-refractivity contribution in [3.8, 4) is 0 Å². The van der Waals surface area contributed by atoms with E-state index in [1.165, 1.54) is 0 Å².